The molecule has 0 saturated carbocycles. The molecule has 0 aliphatic rings. The Hall–Kier alpha value is -1.53. The average molecular weight is 240 g/mol. The zero-order valence-corrected chi connectivity index (χ0v) is 9.75. The number of H-pyrrole nitrogens is 1. The number of Topliss-reactive ketones (excluding diaryl/α,β-unsaturated/α-hetero) is 1. The first-order valence-electron chi connectivity index (χ1n) is 5.27. The molecular formula is C11H16N2O4. The van der Waals surface area contributed by atoms with Gasteiger partial charge in [0.2, 0.25) is 5.78 Å². The lowest BCUT2D eigenvalue weighted by Gasteiger charge is -2.25. The molecule has 1 heterocycles. The molecule has 0 aliphatic heterocycles. The van der Waals surface area contributed by atoms with E-state index in [0.29, 0.717) is 5.69 Å². The first-order valence-corrected chi connectivity index (χ1v) is 5.27. The smallest absolute Gasteiger partial charge is 0.226 e. The van der Waals surface area contributed by atoms with Crippen LogP contribution in [0.15, 0.2) is 12.5 Å². The van der Waals surface area contributed by atoms with Gasteiger partial charge in [-0.3, -0.25) is 9.59 Å². The lowest BCUT2D eigenvalue weighted by Crippen LogP contribution is -2.40. The molecule has 1 aromatic rings. The van der Waals surface area contributed by atoms with Crippen LogP contribution in [0.2, 0.25) is 0 Å². The van der Waals surface area contributed by atoms with E-state index in [2.05, 4.69) is 9.97 Å². The molecule has 6 nitrogen and oxygen atoms in total. The quantitative estimate of drug-likeness (QED) is 0.471. The third kappa shape index (κ3) is 3.21. The lowest BCUT2D eigenvalue weighted by molar-refractivity contribution is -0.144. The number of aliphatic hydroxyl groups is 2. The summed E-state index contributed by atoms with van der Waals surface area (Å²) in [5.74, 6) is -1.25. The minimum Gasteiger partial charge on any atom is -0.392 e. The number of hydrogen-bond donors (Lipinski definition) is 3. The van der Waals surface area contributed by atoms with Crippen LogP contribution in [0.1, 0.15) is 31.9 Å². The third-order valence-electron chi connectivity index (χ3n) is 2.83. The minimum absolute atomic E-state index is 0.0631. The Kier molecular flexibility index (Phi) is 4.14. The highest BCUT2D eigenvalue weighted by atomic mass is 16.3. The van der Waals surface area contributed by atoms with Crippen LogP contribution in [-0.4, -0.2) is 44.0 Å². The molecule has 1 rings (SSSR count). The molecule has 2 unspecified atom stereocenters. The molecule has 0 aliphatic carbocycles. The Labute approximate surface area is 98.7 Å². The molecule has 0 saturated heterocycles. The molecule has 3 N–H and O–H groups in total. The summed E-state index contributed by atoms with van der Waals surface area (Å²) in [7, 11) is 0. The maximum absolute atomic E-state index is 11.1. The van der Waals surface area contributed by atoms with Crippen LogP contribution >= 0.6 is 0 Å². The van der Waals surface area contributed by atoms with Crippen molar-refractivity contribution in [3.05, 3.63) is 18.2 Å². The van der Waals surface area contributed by atoms with Crippen molar-refractivity contribution < 1.29 is 19.8 Å². The first-order chi connectivity index (χ1) is 7.88. The minimum atomic E-state index is -1.84. The van der Waals surface area contributed by atoms with E-state index in [0.717, 1.165) is 0 Å². The summed E-state index contributed by atoms with van der Waals surface area (Å²) >= 11 is 0. The van der Waals surface area contributed by atoms with E-state index in [4.69, 9.17) is 0 Å². The molecule has 17 heavy (non-hydrogen) atoms. The number of nitrogens with zero attached hydrogens (tertiary/aromatic N) is 1. The molecule has 3 atom stereocenters. The summed E-state index contributed by atoms with van der Waals surface area (Å²) in [4.78, 5) is 28.1. The molecule has 0 fully saturated rings. The SMILES string of the molecule is CC(c1cnc[nH]1)C(O)C[C@](C)(O)C(=O)C=O. The normalized spacial score (nSPS) is 18.1. The van der Waals surface area contributed by atoms with Crippen LogP contribution in [0.25, 0.3) is 0 Å². The number of carbonyl (C=O) groups excluding carboxylic acids is 2. The zero-order chi connectivity index (χ0) is 13.1. The van der Waals surface area contributed by atoms with Gasteiger partial charge in [-0.2, -0.15) is 0 Å². The van der Waals surface area contributed by atoms with Gasteiger partial charge in [0.15, 0.2) is 6.29 Å². The monoisotopic (exact) mass is 240 g/mol. The van der Waals surface area contributed by atoms with Gasteiger partial charge in [-0.25, -0.2) is 4.98 Å². The zero-order valence-electron chi connectivity index (χ0n) is 9.75. The number of aldehydes is 1. The Morgan fingerprint density at radius 3 is 2.82 bits per heavy atom. The number of nitrogens with one attached hydrogen (secondary N) is 1. The predicted molar refractivity (Wildman–Crippen MR) is 59.3 cm³/mol. The van der Waals surface area contributed by atoms with E-state index in [9.17, 15) is 19.8 Å². The first kappa shape index (κ1) is 13.5. The van der Waals surface area contributed by atoms with Crippen molar-refractivity contribution in [2.75, 3.05) is 0 Å². The Morgan fingerprint density at radius 2 is 2.35 bits per heavy atom. The number of carbonyl (C=O) groups is 2. The van der Waals surface area contributed by atoms with Crippen LogP contribution in [0.3, 0.4) is 0 Å². The molecule has 0 radical (unpaired) electrons. The van der Waals surface area contributed by atoms with Crippen molar-refractivity contribution in [1.82, 2.24) is 9.97 Å². The topological polar surface area (TPSA) is 103 Å². The van der Waals surface area contributed by atoms with Crippen LogP contribution < -0.4 is 0 Å². The fourth-order valence-corrected chi connectivity index (χ4v) is 1.53. The summed E-state index contributed by atoms with van der Waals surface area (Å²) in [6, 6.07) is 0. The second-order valence-electron chi connectivity index (χ2n) is 4.32. The van der Waals surface area contributed by atoms with Gasteiger partial charge in [0, 0.05) is 24.2 Å². The Morgan fingerprint density at radius 1 is 1.71 bits per heavy atom. The van der Waals surface area contributed by atoms with Crippen LogP contribution in [0, 0.1) is 0 Å². The summed E-state index contributed by atoms with van der Waals surface area (Å²) in [6.07, 6.45) is 1.95. The standard InChI is InChI=1S/C11H16N2O4/c1-7(8-4-12-6-13-8)9(15)3-11(2,17)10(16)5-14/h4-7,9,15,17H,3H2,1-2H3,(H,12,13)/t7?,9?,11-/m0/s1. The molecule has 0 spiro atoms. The third-order valence-corrected chi connectivity index (χ3v) is 2.83. The molecule has 0 bridgehead atoms. The predicted octanol–water partition coefficient (Wildman–Crippen LogP) is -0.217. The lowest BCUT2D eigenvalue weighted by atomic mass is 9.88. The maximum atomic E-state index is 11.1. The molecule has 6 heteroatoms. The molecule has 0 aromatic carbocycles. The highest BCUT2D eigenvalue weighted by molar-refractivity contribution is 6.28. The molecular weight excluding hydrogens is 224 g/mol. The number of ketones is 1. The highest BCUT2D eigenvalue weighted by Gasteiger charge is 2.34. The number of hydrogen-bond acceptors (Lipinski definition) is 5. The van der Waals surface area contributed by atoms with Crippen molar-refractivity contribution in [2.24, 2.45) is 0 Å². The van der Waals surface area contributed by atoms with Gasteiger partial charge in [-0.15, -0.1) is 0 Å². The summed E-state index contributed by atoms with van der Waals surface area (Å²) in [5, 5.41) is 19.6. The van der Waals surface area contributed by atoms with Gasteiger partial charge in [0.05, 0.1) is 12.4 Å². The Balaban J connectivity index is 2.69. The van der Waals surface area contributed by atoms with Crippen LogP contribution in [-0.2, 0) is 9.59 Å². The summed E-state index contributed by atoms with van der Waals surface area (Å²) < 4.78 is 0. The number of rotatable bonds is 6. The van der Waals surface area contributed by atoms with E-state index < -0.39 is 17.5 Å². The number of aromatic amines is 1. The van der Waals surface area contributed by atoms with Gasteiger partial charge >= 0.3 is 0 Å². The van der Waals surface area contributed by atoms with Crippen molar-refractivity contribution in [2.45, 2.75) is 37.9 Å². The molecule has 0 amide bonds. The highest BCUT2D eigenvalue weighted by Crippen LogP contribution is 2.23. The number of aliphatic hydroxyl groups excluding tert-OH is 1. The van der Waals surface area contributed by atoms with Crippen molar-refractivity contribution >= 4 is 12.1 Å². The Bertz CT molecular complexity index is 386. The second-order valence-corrected chi connectivity index (χ2v) is 4.32. The van der Waals surface area contributed by atoms with Gasteiger partial charge in [0.1, 0.15) is 5.60 Å². The van der Waals surface area contributed by atoms with E-state index in [-0.39, 0.29) is 18.6 Å². The van der Waals surface area contributed by atoms with E-state index in [1.54, 1.807) is 13.1 Å². The fourth-order valence-electron chi connectivity index (χ4n) is 1.53. The molecule has 94 valence electrons. The van der Waals surface area contributed by atoms with Gasteiger partial charge < -0.3 is 15.2 Å². The maximum Gasteiger partial charge on any atom is 0.226 e. The van der Waals surface area contributed by atoms with Crippen molar-refractivity contribution in [3.8, 4) is 0 Å². The summed E-state index contributed by atoms with van der Waals surface area (Å²) in [5.41, 5.74) is -1.14. The van der Waals surface area contributed by atoms with Gasteiger partial charge in [-0.05, 0) is 6.92 Å². The largest absolute Gasteiger partial charge is 0.392 e. The van der Waals surface area contributed by atoms with Crippen LogP contribution in [0.5, 0.6) is 0 Å². The number of aromatic nitrogens is 2. The van der Waals surface area contributed by atoms with Crippen molar-refractivity contribution in [3.63, 3.8) is 0 Å². The van der Waals surface area contributed by atoms with Crippen LogP contribution in [0.4, 0.5) is 0 Å². The van der Waals surface area contributed by atoms with E-state index in [1.165, 1.54) is 13.3 Å². The van der Waals surface area contributed by atoms with E-state index in [1.807, 2.05) is 0 Å². The fraction of sp³-hybridized carbons (Fsp3) is 0.545. The average Bonchev–Trinajstić information content (AvgIpc) is 2.79. The summed E-state index contributed by atoms with van der Waals surface area (Å²) in [6.45, 7) is 2.95. The van der Waals surface area contributed by atoms with Gasteiger partial charge in [0.25, 0.3) is 0 Å². The van der Waals surface area contributed by atoms with Gasteiger partial charge in [-0.1, -0.05) is 6.92 Å². The van der Waals surface area contributed by atoms with Crippen molar-refractivity contribution in [1.29, 1.82) is 0 Å². The molecule has 1 aromatic heterocycles. The van der Waals surface area contributed by atoms with E-state index >= 15 is 0 Å². The second kappa shape index (κ2) is 5.20. The number of imidazole rings is 1.